The molecular formula is C13H13BrN6. The van der Waals surface area contributed by atoms with Crippen LogP contribution in [-0.2, 0) is 7.05 Å². The molecule has 2 heterocycles. The molecule has 1 atom stereocenters. The lowest BCUT2D eigenvalue weighted by atomic mass is 10.0. The van der Waals surface area contributed by atoms with Crippen molar-refractivity contribution in [2.24, 2.45) is 12.9 Å². The number of hydrogen-bond donors (Lipinski definition) is 2. The third kappa shape index (κ3) is 2.20. The Morgan fingerprint density at radius 2 is 2.00 bits per heavy atom. The van der Waals surface area contributed by atoms with Crippen molar-refractivity contribution in [2.45, 2.75) is 6.04 Å². The smallest absolute Gasteiger partial charge is 0.0890 e. The molecule has 1 unspecified atom stereocenters. The highest BCUT2D eigenvalue weighted by molar-refractivity contribution is 9.10. The quantitative estimate of drug-likeness (QED) is 0.563. The molecule has 6 nitrogen and oxygen atoms in total. The Hall–Kier alpha value is -1.83. The minimum Gasteiger partial charge on any atom is -0.271 e. The van der Waals surface area contributed by atoms with E-state index in [-0.39, 0.29) is 6.04 Å². The maximum Gasteiger partial charge on any atom is 0.0890 e. The minimum absolute atomic E-state index is 0.178. The van der Waals surface area contributed by atoms with Gasteiger partial charge >= 0.3 is 0 Å². The second-order valence-corrected chi connectivity index (χ2v) is 5.26. The molecular weight excluding hydrogens is 320 g/mol. The molecule has 0 saturated heterocycles. The Bertz CT molecular complexity index is 734. The lowest BCUT2D eigenvalue weighted by molar-refractivity contribution is 0.573. The maximum absolute atomic E-state index is 5.73. The Morgan fingerprint density at radius 1 is 1.25 bits per heavy atom. The summed E-state index contributed by atoms with van der Waals surface area (Å²) in [6, 6.07) is 5.72. The summed E-state index contributed by atoms with van der Waals surface area (Å²) in [6.45, 7) is 0. The van der Waals surface area contributed by atoms with Gasteiger partial charge in [0.2, 0.25) is 0 Å². The van der Waals surface area contributed by atoms with E-state index in [4.69, 9.17) is 5.84 Å². The summed E-state index contributed by atoms with van der Waals surface area (Å²) in [5, 5.41) is 4.22. The number of halogens is 1. The molecule has 0 bridgehead atoms. The molecule has 7 heteroatoms. The molecule has 20 heavy (non-hydrogen) atoms. The van der Waals surface area contributed by atoms with Gasteiger partial charge in [0.1, 0.15) is 0 Å². The SMILES string of the molecule is Cn1ncc(Br)c1C(NN)c1ccc2nccnc2c1. The van der Waals surface area contributed by atoms with Crippen LogP contribution in [0.3, 0.4) is 0 Å². The lowest BCUT2D eigenvalue weighted by Crippen LogP contribution is -2.30. The number of rotatable bonds is 3. The fraction of sp³-hybridized carbons (Fsp3) is 0.154. The predicted octanol–water partition coefficient (Wildman–Crippen LogP) is 1.68. The molecule has 0 fully saturated rings. The molecule has 0 spiro atoms. The minimum atomic E-state index is -0.178. The number of nitrogens with zero attached hydrogens (tertiary/aromatic N) is 4. The Labute approximate surface area is 124 Å². The number of fused-ring (bicyclic) bond motifs is 1. The molecule has 0 aliphatic rings. The normalized spacial score (nSPS) is 12.8. The molecule has 1 aromatic carbocycles. The van der Waals surface area contributed by atoms with Gasteiger partial charge in [-0.15, -0.1) is 0 Å². The van der Waals surface area contributed by atoms with Crippen molar-refractivity contribution in [3.8, 4) is 0 Å². The molecule has 0 radical (unpaired) electrons. The molecule has 0 saturated carbocycles. The first-order valence-corrected chi connectivity index (χ1v) is 6.84. The average Bonchev–Trinajstić information content (AvgIpc) is 2.80. The van der Waals surface area contributed by atoms with Crippen molar-refractivity contribution in [2.75, 3.05) is 0 Å². The van der Waals surface area contributed by atoms with E-state index in [0.29, 0.717) is 0 Å². The Balaban J connectivity index is 2.12. The molecule has 0 amide bonds. The van der Waals surface area contributed by atoms with Gasteiger partial charge in [0.15, 0.2) is 0 Å². The molecule has 3 aromatic rings. The van der Waals surface area contributed by atoms with Gasteiger partial charge in [-0.2, -0.15) is 5.10 Å². The van der Waals surface area contributed by atoms with Gasteiger partial charge in [0.25, 0.3) is 0 Å². The highest BCUT2D eigenvalue weighted by atomic mass is 79.9. The van der Waals surface area contributed by atoms with Gasteiger partial charge in [-0.1, -0.05) is 6.07 Å². The number of nitrogens with one attached hydrogen (secondary N) is 1. The predicted molar refractivity (Wildman–Crippen MR) is 79.6 cm³/mol. The molecule has 2 aromatic heterocycles. The third-order valence-electron chi connectivity index (χ3n) is 3.20. The van der Waals surface area contributed by atoms with Crippen LogP contribution >= 0.6 is 15.9 Å². The first kappa shape index (κ1) is 13.2. The topological polar surface area (TPSA) is 81.7 Å². The van der Waals surface area contributed by atoms with Gasteiger partial charge in [-0.25, -0.2) is 5.43 Å². The highest BCUT2D eigenvalue weighted by Gasteiger charge is 2.20. The zero-order chi connectivity index (χ0) is 14.1. The van der Waals surface area contributed by atoms with Crippen molar-refractivity contribution in [3.63, 3.8) is 0 Å². The highest BCUT2D eigenvalue weighted by Crippen LogP contribution is 2.28. The van der Waals surface area contributed by atoms with E-state index in [1.807, 2.05) is 25.2 Å². The summed E-state index contributed by atoms with van der Waals surface area (Å²) in [4.78, 5) is 8.58. The average molecular weight is 333 g/mol. The van der Waals surface area contributed by atoms with Gasteiger partial charge in [-0.3, -0.25) is 20.5 Å². The number of hydrazine groups is 1. The second kappa shape index (κ2) is 5.28. The summed E-state index contributed by atoms with van der Waals surface area (Å²) in [5.41, 5.74) is 6.48. The number of nitrogens with two attached hydrogens (primary N) is 1. The Morgan fingerprint density at radius 3 is 2.65 bits per heavy atom. The largest absolute Gasteiger partial charge is 0.271 e. The van der Waals surface area contributed by atoms with Crippen LogP contribution in [0.1, 0.15) is 17.3 Å². The molecule has 3 rings (SSSR count). The van der Waals surface area contributed by atoms with Crippen LogP contribution in [0.25, 0.3) is 11.0 Å². The van der Waals surface area contributed by atoms with Crippen LogP contribution in [0, 0.1) is 0 Å². The van der Waals surface area contributed by atoms with Gasteiger partial charge in [0.05, 0.1) is 33.4 Å². The number of benzene rings is 1. The van der Waals surface area contributed by atoms with Crippen LogP contribution in [0.4, 0.5) is 0 Å². The molecule has 0 aliphatic heterocycles. The van der Waals surface area contributed by atoms with Gasteiger partial charge in [-0.05, 0) is 33.6 Å². The first-order valence-electron chi connectivity index (χ1n) is 6.05. The zero-order valence-corrected chi connectivity index (χ0v) is 12.4. The summed E-state index contributed by atoms with van der Waals surface area (Å²) >= 11 is 3.50. The van der Waals surface area contributed by atoms with Crippen LogP contribution in [0.5, 0.6) is 0 Å². The van der Waals surface area contributed by atoms with E-state index in [1.165, 1.54) is 0 Å². The summed E-state index contributed by atoms with van der Waals surface area (Å²) in [6.07, 6.45) is 5.11. The van der Waals surface area contributed by atoms with Crippen molar-refractivity contribution < 1.29 is 0 Å². The zero-order valence-electron chi connectivity index (χ0n) is 10.8. The Kier molecular flexibility index (Phi) is 3.47. The van der Waals surface area contributed by atoms with E-state index in [9.17, 15) is 0 Å². The van der Waals surface area contributed by atoms with Gasteiger partial charge < -0.3 is 0 Å². The van der Waals surface area contributed by atoms with Crippen molar-refractivity contribution in [3.05, 3.63) is 52.5 Å². The van der Waals surface area contributed by atoms with Crippen molar-refractivity contribution in [1.29, 1.82) is 0 Å². The van der Waals surface area contributed by atoms with Crippen molar-refractivity contribution in [1.82, 2.24) is 25.2 Å². The fourth-order valence-electron chi connectivity index (χ4n) is 2.24. The van der Waals surface area contributed by atoms with Crippen LogP contribution < -0.4 is 11.3 Å². The van der Waals surface area contributed by atoms with Gasteiger partial charge in [0, 0.05) is 19.4 Å². The lowest BCUT2D eigenvalue weighted by Gasteiger charge is -2.17. The van der Waals surface area contributed by atoms with E-state index in [2.05, 4.69) is 36.4 Å². The standard InChI is InChI=1S/C13H13BrN6/c1-20-13(9(14)7-18-20)12(19-15)8-2-3-10-11(6-8)17-5-4-16-10/h2-7,12,19H,15H2,1H3. The monoisotopic (exact) mass is 332 g/mol. The third-order valence-corrected chi connectivity index (χ3v) is 3.82. The van der Waals surface area contributed by atoms with E-state index < -0.39 is 0 Å². The number of hydrogen-bond acceptors (Lipinski definition) is 5. The summed E-state index contributed by atoms with van der Waals surface area (Å²) in [5.74, 6) is 5.73. The molecule has 102 valence electrons. The van der Waals surface area contributed by atoms with Crippen LogP contribution in [-0.4, -0.2) is 19.7 Å². The van der Waals surface area contributed by atoms with Crippen LogP contribution in [0.15, 0.2) is 41.3 Å². The van der Waals surface area contributed by atoms with E-state index >= 15 is 0 Å². The maximum atomic E-state index is 5.73. The number of aryl methyl sites for hydroxylation is 1. The van der Waals surface area contributed by atoms with E-state index in [0.717, 1.165) is 26.8 Å². The molecule has 0 aliphatic carbocycles. The number of aromatic nitrogens is 4. The summed E-state index contributed by atoms with van der Waals surface area (Å²) in [7, 11) is 1.88. The molecule has 3 N–H and O–H groups in total. The van der Waals surface area contributed by atoms with Crippen molar-refractivity contribution >= 4 is 27.0 Å². The van der Waals surface area contributed by atoms with Crippen LogP contribution in [0.2, 0.25) is 0 Å². The summed E-state index contributed by atoms with van der Waals surface area (Å²) < 4.78 is 2.69. The second-order valence-electron chi connectivity index (χ2n) is 4.41. The fourth-order valence-corrected chi connectivity index (χ4v) is 2.81. The first-order chi connectivity index (χ1) is 9.70. The van der Waals surface area contributed by atoms with E-state index in [1.54, 1.807) is 23.3 Å².